The van der Waals surface area contributed by atoms with Gasteiger partial charge in [0.15, 0.2) is 6.61 Å². The van der Waals surface area contributed by atoms with Crippen molar-refractivity contribution < 1.29 is 28.2 Å². The molecule has 0 spiro atoms. The monoisotopic (exact) mass is 425 g/mol. The van der Waals surface area contributed by atoms with Crippen LogP contribution < -0.4 is 10.1 Å². The number of amides is 2. The number of methoxy groups -OCH3 is 1. The van der Waals surface area contributed by atoms with Crippen LogP contribution in [-0.4, -0.2) is 50.0 Å². The molecule has 2 aromatic carbocycles. The van der Waals surface area contributed by atoms with E-state index in [2.05, 4.69) is 5.32 Å². The van der Waals surface area contributed by atoms with Crippen LogP contribution in [0.4, 0.5) is 10.1 Å². The van der Waals surface area contributed by atoms with Crippen molar-refractivity contribution in [3.63, 3.8) is 0 Å². The Labute approximate surface area is 178 Å². The topological polar surface area (TPSA) is 109 Å². The minimum atomic E-state index is -0.962. The van der Waals surface area contributed by atoms with E-state index in [0.29, 0.717) is 17.0 Å². The number of carbonyl (C=O) groups is 3. The van der Waals surface area contributed by atoms with E-state index in [0.717, 1.165) is 4.90 Å². The van der Waals surface area contributed by atoms with Gasteiger partial charge in [0.25, 0.3) is 5.91 Å². The molecular weight excluding hydrogens is 405 g/mol. The molecule has 0 aliphatic rings. The molecule has 0 heterocycles. The maximum absolute atomic E-state index is 12.9. The summed E-state index contributed by atoms with van der Waals surface area (Å²) in [7, 11) is 2.88. The molecule has 2 rings (SSSR count). The lowest BCUT2D eigenvalue weighted by atomic mass is 10.1. The molecule has 0 saturated heterocycles. The fraction of sp³-hybridized carbons (Fsp3) is 0.182. The Morgan fingerprint density at radius 3 is 2.35 bits per heavy atom. The van der Waals surface area contributed by atoms with E-state index in [1.165, 1.54) is 44.5 Å². The predicted octanol–water partition coefficient (Wildman–Crippen LogP) is 2.38. The van der Waals surface area contributed by atoms with E-state index < -0.39 is 30.2 Å². The summed E-state index contributed by atoms with van der Waals surface area (Å²) < 4.78 is 22.8. The van der Waals surface area contributed by atoms with Gasteiger partial charge in [-0.05, 0) is 48.0 Å². The standard InChI is InChI=1S/C22H20FN3O5/c1-26(13-20(27)25-18-7-5-17(23)6-8-18)21(28)14-31-22(29)16(12-24)11-15-3-9-19(30-2)10-4-15/h3-11H,13-14H2,1-2H3,(H,25,27)/b16-11+. The number of nitriles is 1. The number of hydrogen-bond donors (Lipinski definition) is 1. The van der Waals surface area contributed by atoms with Gasteiger partial charge in [0.2, 0.25) is 5.91 Å². The molecule has 0 aliphatic heterocycles. The first-order valence-electron chi connectivity index (χ1n) is 9.04. The van der Waals surface area contributed by atoms with Gasteiger partial charge in [-0.3, -0.25) is 9.59 Å². The van der Waals surface area contributed by atoms with Crippen molar-refractivity contribution in [1.82, 2.24) is 4.90 Å². The van der Waals surface area contributed by atoms with Crippen molar-refractivity contribution in [3.8, 4) is 11.8 Å². The van der Waals surface area contributed by atoms with Crippen LogP contribution in [0.2, 0.25) is 0 Å². The van der Waals surface area contributed by atoms with E-state index >= 15 is 0 Å². The van der Waals surface area contributed by atoms with Crippen molar-refractivity contribution in [2.24, 2.45) is 0 Å². The highest BCUT2D eigenvalue weighted by atomic mass is 19.1. The smallest absolute Gasteiger partial charge is 0.349 e. The molecule has 0 atom stereocenters. The molecule has 31 heavy (non-hydrogen) atoms. The number of esters is 1. The molecule has 0 fully saturated rings. The second-order valence-electron chi connectivity index (χ2n) is 6.32. The molecule has 0 unspecified atom stereocenters. The number of anilines is 1. The van der Waals surface area contributed by atoms with Crippen LogP contribution in [0, 0.1) is 17.1 Å². The number of likely N-dealkylation sites (N-methyl/N-ethyl adjacent to an activating group) is 1. The number of hydrogen-bond acceptors (Lipinski definition) is 6. The highest BCUT2D eigenvalue weighted by Crippen LogP contribution is 2.14. The largest absolute Gasteiger partial charge is 0.497 e. The number of halogens is 1. The lowest BCUT2D eigenvalue weighted by Gasteiger charge is -2.16. The maximum atomic E-state index is 12.9. The summed E-state index contributed by atoms with van der Waals surface area (Å²) in [5.74, 6) is -1.92. The first-order chi connectivity index (χ1) is 14.8. The Bertz CT molecular complexity index is 1010. The zero-order valence-electron chi connectivity index (χ0n) is 16.9. The maximum Gasteiger partial charge on any atom is 0.349 e. The highest BCUT2D eigenvalue weighted by Gasteiger charge is 2.17. The number of carbonyl (C=O) groups excluding carboxylic acids is 3. The minimum absolute atomic E-state index is 0.283. The Hall–Kier alpha value is -4.19. The first-order valence-corrected chi connectivity index (χ1v) is 9.04. The molecule has 9 heteroatoms. The van der Waals surface area contributed by atoms with Crippen LogP contribution in [-0.2, 0) is 19.1 Å². The quantitative estimate of drug-likeness (QED) is 0.395. The second-order valence-corrected chi connectivity index (χ2v) is 6.32. The van der Waals surface area contributed by atoms with E-state index in [4.69, 9.17) is 9.47 Å². The van der Waals surface area contributed by atoms with E-state index in [-0.39, 0.29) is 12.1 Å². The summed E-state index contributed by atoms with van der Waals surface area (Å²) >= 11 is 0. The molecule has 0 saturated carbocycles. The van der Waals surface area contributed by atoms with Gasteiger partial charge < -0.3 is 19.7 Å². The normalized spacial score (nSPS) is 10.6. The van der Waals surface area contributed by atoms with Crippen molar-refractivity contribution in [2.75, 3.05) is 32.6 Å². The van der Waals surface area contributed by atoms with Crippen LogP contribution in [0.15, 0.2) is 54.1 Å². The Morgan fingerprint density at radius 1 is 1.13 bits per heavy atom. The first kappa shape index (κ1) is 23.1. The third-order valence-electron chi connectivity index (χ3n) is 4.03. The van der Waals surface area contributed by atoms with Crippen molar-refractivity contribution in [1.29, 1.82) is 5.26 Å². The van der Waals surface area contributed by atoms with Gasteiger partial charge in [-0.2, -0.15) is 5.26 Å². The summed E-state index contributed by atoms with van der Waals surface area (Å²) in [4.78, 5) is 37.3. The van der Waals surface area contributed by atoms with E-state index in [1.807, 2.05) is 0 Å². The Kier molecular flexibility index (Phi) is 8.28. The van der Waals surface area contributed by atoms with Gasteiger partial charge >= 0.3 is 5.97 Å². The lowest BCUT2D eigenvalue weighted by Crippen LogP contribution is -2.37. The van der Waals surface area contributed by atoms with Crippen molar-refractivity contribution >= 4 is 29.5 Å². The average molecular weight is 425 g/mol. The molecule has 160 valence electrons. The van der Waals surface area contributed by atoms with Crippen LogP contribution in [0.3, 0.4) is 0 Å². The van der Waals surface area contributed by atoms with Gasteiger partial charge in [-0.25, -0.2) is 9.18 Å². The van der Waals surface area contributed by atoms with Crippen molar-refractivity contribution in [2.45, 2.75) is 0 Å². The third kappa shape index (κ3) is 7.29. The number of nitrogens with zero attached hydrogens (tertiary/aromatic N) is 2. The van der Waals surface area contributed by atoms with E-state index in [1.54, 1.807) is 30.3 Å². The van der Waals surface area contributed by atoms with Gasteiger partial charge in [0.05, 0.1) is 13.7 Å². The molecule has 0 bridgehead atoms. The van der Waals surface area contributed by atoms with Gasteiger partial charge in [0.1, 0.15) is 23.2 Å². The highest BCUT2D eigenvalue weighted by molar-refractivity contribution is 5.99. The zero-order valence-corrected chi connectivity index (χ0v) is 16.9. The van der Waals surface area contributed by atoms with E-state index in [9.17, 15) is 24.0 Å². The average Bonchev–Trinajstić information content (AvgIpc) is 2.77. The summed E-state index contributed by atoms with van der Waals surface area (Å²) in [6.07, 6.45) is 1.33. The molecule has 0 aliphatic carbocycles. The molecule has 0 radical (unpaired) electrons. The fourth-order valence-electron chi connectivity index (χ4n) is 2.36. The molecule has 2 aromatic rings. The number of nitrogens with one attached hydrogen (secondary N) is 1. The fourth-order valence-corrected chi connectivity index (χ4v) is 2.36. The Morgan fingerprint density at radius 2 is 1.77 bits per heavy atom. The van der Waals surface area contributed by atoms with Gasteiger partial charge in [-0.15, -0.1) is 0 Å². The molecule has 8 nitrogen and oxygen atoms in total. The van der Waals surface area contributed by atoms with Crippen molar-refractivity contribution in [3.05, 3.63) is 65.5 Å². The zero-order chi connectivity index (χ0) is 22.8. The molecule has 2 amide bonds. The third-order valence-corrected chi connectivity index (χ3v) is 4.03. The lowest BCUT2D eigenvalue weighted by molar-refractivity contribution is -0.148. The number of ether oxygens (including phenoxy) is 2. The summed E-state index contributed by atoms with van der Waals surface area (Å²) in [6, 6.07) is 13.5. The van der Waals surface area contributed by atoms with Crippen LogP contribution >= 0.6 is 0 Å². The second kappa shape index (κ2) is 11.1. The van der Waals surface area contributed by atoms with Crippen LogP contribution in [0.1, 0.15) is 5.56 Å². The van der Waals surface area contributed by atoms with Gasteiger partial charge in [0, 0.05) is 12.7 Å². The SMILES string of the molecule is COc1ccc(/C=C(\C#N)C(=O)OCC(=O)N(C)CC(=O)Nc2ccc(F)cc2)cc1. The predicted molar refractivity (Wildman–Crippen MR) is 110 cm³/mol. The van der Waals surface area contributed by atoms with Gasteiger partial charge in [-0.1, -0.05) is 12.1 Å². The van der Waals surface area contributed by atoms with Crippen LogP contribution in [0.25, 0.3) is 6.08 Å². The number of benzene rings is 2. The summed E-state index contributed by atoms with van der Waals surface area (Å²) in [6.45, 7) is -0.943. The molecule has 1 N–H and O–H groups in total. The number of rotatable bonds is 8. The minimum Gasteiger partial charge on any atom is -0.497 e. The summed E-state index contributed by atoms with van der Waals surface area (Å²) in [5.41, 5.74) is 0.672. The molecule has 0 aromatic heterocycles. The van der Waals surface area contributed by atoms with Crippen LogP contribution in [0.5, 0.6) is 5.75 Å². The Balaban J connectivity index is 1.86. The summed E-state index contributed by atoms with van der Waals surface area (Å²) in [5, 5.41) is 11.7. The molecular formula is C22H20FN3O5.